The predicted octanol–water partition coefficient (Wildman–Crippen LogP) is 3.83. The third-order valence-corrected chi connectivity index (χ3v) is 7.58. The molecule has 0 spiro atoms. The lowest BCUT2D eigenvalue weighted by molar-refractivity contribution is -0.179. The van der Waals surface area contributed by atoms with E-state index in [1.165, 1.54) is 12.1 Å². The summed E-state index contributed by atoms with van der Waals surface area (Å²) in [6.07, 6.45) is -5.99. The van der Waals surface area contributed by atoms with Crippen LogP contribution in [0.4, 0.5) is 17.6 Å². The Kier molecular flexibility index (Phi) is 7.53. The summed E-state index contributed by atoms with van der Waals surface area (Å²) in [5.74, 6) is -5.43. The van der Waals surface area contributed by atoms with Crippen LogP contribution >= 0.6 is 11.6 Å². The molecule has 2 N–H and O–H groups in total. The second-order valence-corrected chi connectivity index (χ2v) is 10.0. The number of hydrogen-bond donors (Lipinski definition) is 2. The maximum absolute atomic E-state index is 14.6. The van der Waals surface area contributed by atoms with E-state index in [-0.39, 0.29) is 22.0 Å². The van der Waals surface area contributed by atoms with Crippen LogP contribution in [0.1, 0.15) is 28.8 Å². The van der Waals surface area contributed by atoms with Gasteiger partial charge < -0.3 is 10.4 Å². The Morgan fingerprint density at radius 1 is 1.18 bits per heavy atom. The molecule has 2 aromatic rings. The number of sulfonamides is 1. The van der Waals surface area contributed by atoms with Crippen molar-refractivity contribution in [3.8, 4) is 0 Å². The number of carbonyl (C=O) groups is 2. The van der Waals surface area contributed by atoms with E-state index in [0.29, 0.717) is 10.4 Å². The van der Waals surface area contributed by atoms with Crippen LogP contribution in [-0.4, -0.2) is 48.5 Å². The van der Waals surface area contributed by atoms with Crippen molar-refractivity contribution in [2.75, 3.05) is 6.54 Å². The maximum Gasteiger partial charge on any atom is 0.391 e. The number of carbonyl (C=O) groups excluding carboxylic acids is 1. The van der Waals surface area contributed by atoms with Gasteiger partial charge in [0.2, 0.25) is 15.9 Å². The van der Waals surface area contributed by atoms with Gasteiger partial charge in [0.25, 0.3) is 0 Å². The molecular formula is C21H19ClF4N2O5S. The van der Waals surface area contributed by atoms with Gasteiger partial charge in [-0.05, 0) is 49.2 Å². The first-order valence-electron chi connectivity index (χ1n) is 9.94. The zero-order chi connectivity index (χ0) is 25.3. The van der Waals surface area contributed by atoms with E-state index in [4.69, 9.17) is 16.7 Å². The Morgan fingerprint density at radius 2 is 1.82 bits per heavy atom. The smallest absolute Gasteiger partial charge is 0.391 e. The van der Waals surface area contributed by atoms with Crippen molar-refractivity contribution in [2.45, 2.75) is 36.5 Å². The first-order valence-corrected chi connectivity index (χ1v) is 11.8. The van der Waals surface area contributed by atoms with Gasteiger partial charge in [-0.25, -0.2) is 17.6 Å². The molecule has 1 aliphatic heterocycles. The normalized spacial score (nSPS) is 19.5. The lowest BCUT2D eigenvalue weighted by Gasteiger charge is -2.31. The number of benzene rings is 2. The Morgan fingerprint density at radius 3 is 2.38 bits per heavy atom. The van der Waals surface area contributed by atoms with E-state index in [0.717, 1.165) is 24.3 Å². The number of hydrogen-bond acceptors (Lipinski definition) is 4. The minimum atomic E-state index is -4.69. The van der Waals surface area contributed by atoms with Crippen LogP contribution in [0.5, 0.6) is 0 Å². The van der Waals surface area contributed by atoms with Crippen LogP contribution in [0.2, 0.25) is 5.02 Å². The highest BCUT2D eigenvalue weighted by Gasteiger charge is 2.47. The third kappa shape index (κ3) is 5.68. The van der Waals surface area contributed by atoms with Crippen molar-refractivity contribution < 1.29 is 40.7 Å². The Bertz CT molecular complexity index is 1190. The van der Waals surface area contributed by atoms with Gasteiger partial charge in [0.05, 0.1) is 16.4 Å². The summed E-state index contributed by atoms with van der Waals surface area (Å²) >= 11 is 5.80. The minimum absolute atomic E-state index is 0.199. The summed E-state index contributed by atoms with van der Waals surface area (Å²) in [6.45, 7) is -1.12. The number of amides is 1. The number of alkyl halides is 3. The highest BCUT2D eigenvalue weighted by Crippen LogP contribution is 2.36. The van der Waals surface area contributed by atoms with Crippen LogP contribution in [0.3, 0.4) is 0 Å². The molecule has 13 heteroatoms. The molecule has 1 saturated heterocycles. The highest BCUT2D eigenvalue weighted by atomic mass is 35.5. The molecule has 7 nitrogen and oxygen atoms in total. The number of nitrogens with zero attached hydrogens (tertiary/aromatic N) is 1. The van der Waals surface area contributed by atoms with Gasteiger partial charge in [-0.3, -0.25) is 4.79 Å². The van der Waals surface area contributed by atoms with E-state index >= 15 is 0 Å². The second-order valence-electron chi connectivity index (χ2n) is 7.69. The molecular weight excluding hydrogens is 504 g/mol. The van der Waals surface area contributed by atoms with Crippen molar-refractivity contribution in [3.63, 3.8) is 0 Å². The molecule has 1 aliphatic rings. The minimum Gasteiger partial charge on any atom is -0.478 e. The monoisotopic (exact) mass is 522 g/mol. The van der Waals surface area contributed by atoms with Crippen LogP contribution in [0, 0.1) is 11.7 Å². The van der Waals surface area contributed by atoms with Crippen molar-refractivity contribution in [2.24, 2.45) is 5.92 Å². The summed E-state index contributed by atoms with van der Waals surface area (Å²) in [5, 5.41) is 11.5. The van der Waals surface area contributed by atoms with E-state index in [1.54, 1.807) is 0 Å². The summed E-state index contributed by atoms with van der Waals surface area (Å²) in [7, 11) is -4.61. The standard InChI is InChI=1S/C21H19ClF4N2O5S/c22-15-3-5-16(6-4-15)34(32,33)28(11-13-2-1-12(20(30)31)9-17(13)23)18-10-14(21(24,25)26)7-8-27-19(18)29/h1-6,9,14,18H,7-8,10-11H2,(H,27,29)(H,30,31). The quantitative estimate of drug-likeness (QED) is 0.561. The van der Waals surface area contributed by atoms with Gasteiger partial charge in [-0.2, -0.15) is 17.5 Å². The average Bonchev–Trinajstić information content (AvgIpc) is 2.94. The molecule has 2 unspecified atom stereocenters. The number of halogens is 5. The fraction of sp³-hybridized carbons (Fsp3) is 0.333. The first-order chi connectivity index (χ1) is 15.8. The van der Waals surface area contributed by atoms with Gasteiger partial charge in [0.1, 0.15) is 11.9 Å². The zero-order valence-corrected chi connectivity index (χ0v) is 18.9. The SMILES string of the molecule is O=C(O)c1ccc(CN(C2CC(C(F)(F)F)CCNC2=O)S(=O)(=O)c2ccc(Cl)cc2)c(F)c1. The Labute approximate surface area is 197 Å². The van der Waals surface area contributed by atoms with Crippen LogP contribution in [0.25, 0.3) is 0 Å². The lowest BCUT2D eigenvalue weighted by atomic mass is 9.97. The van der Waals surface area contributed by atoms with E-state index in [9.17, 15) is 35.6 Å². The number of carboxylic acids is 1. The molecule has 1 heterocycles. The number of rotatable bonds is 6. The number of carboxylic acid groups (broad SMARTS) is 1. The number of nitrogens with one attached hydrogen (secondary N) is 1. The Hall–Kier alpha value is -2.70. The molecule has 0 radical (unpaired) electrons. The van der Waals surface area contributed by atoms with Gasteiger partial charge in [-0.15, -0.1) is 0 Å². The first kappa shape index (κ1) is 25.9. The molecule has 0 bridgehead atoms. The number of aromatic carboxylic acids is 1. The van der Waals surface area contributed by atoms with Gasteiger partial charge in [0, 0.05) is 23.7 Å². The fourth-order valence-electron chi connectivity index (χ4n) is 3.61. The molecule has 1 amide bonds. The molecule has 3 rings (SSSR count). The summed E-state index contributed by atoms with van der Waals surface area (Å²) in [5.41, 5.74) is -0.721. The third-order valence-electron chi connectivity index (χ3n) is 5.46. The van der Waals surface area contributed by atoms with Crippen molar-refractivity contribution in [1.82, 2.24) is 9.62 Å². The summed E-state index contributed by atoms with van der Waals surface area (Å²) in [4.78, 5) is 23.4. The maximum atomic E-state index is 14.6. The average molecular weight is 523 g/mol. The van der Waals surface area contributed by atoms with Gasteiger partial charge in [0.15, 0.2) is 0 Å². The van der Waals surface area contributed by atoms with E-state index in [1.807, 2.05) is 0 Å². The van der Waals surface area contributed by atoms with Crippen molar-refractivity contribution in [3.05, 3.63) is 64.4 Å². The Balaban J connectivity index is 2.10. The highest BCUT2D eigenvalue weighted by molar-refractivity contribution is 7.89. The molecule has 0 aliphatic carbocycles. The van der Waals surface area contributed by atoms with Crippen LogP contribution < -0.4 is 5.32 Å². The van der Waals surface area contributed by atoms with Crippen LogP contribution in [-0.2, 0) is 21.4 Å². The van der Waals surface area contributed by atoms with Gasteiger partial charge in [-0.1, -0.05) is 17.7 Å². The van der Waals surface area contributed by atoms with E-state index in [2.05, 4.69) is 5.32 Å². The molecule has 0 saturated carbocycles. The predicted molar refractivity (Wildman–Crippen MR) is 113 cm³/mol. The summed E-state index contributed by atoms with van der Waals surface area (Å²) < 4.78 is 82.6. The largest absolute Gasteiger partial charge is 0.478 e. The van der Waals surface area contributed by atoms with E-state index < -0.39 is 70.8 Å². The van der Waals surface area contributed by atoms with Crippen LogP contribution in [0.15, 0.2) is 47.4 Å². The molecule has 1 fully saturated rings. The summed E-state index contributed by atoms with van der Waals surface area (Å²) in [6, 6.07) is 5.64. The molecule has 2 atom stereocenters. The van der Waals surface area contributed by atoms with Crippen molar-refractivity contribution in [1.29, 1.82) is 0 Å². The molecule has 2 aromatic carbocycles. The zero-order valence-electron chi connectivity index (χ0n) is 17.4. The fourth-order valence-corrected chi connectivity index (χ4v) is 5.31. The topological polar surface area (TPSA) is 104 Å². The second kappa shape index (κ2) is 9.88. The lowest BCUT2D eigenvalue weighted by Crippen LogP contribution is -2.49. The molecule has 34 heavy (non-hydrogen) atoms. The van der Waals surface area contributed by atoms with Gasteiger partial charge >= 0.3 is 12.1 Å². The van der Waals surface area contributed by atoms with Crippen molar-refractivity contribution >= 4 is 33.5 Å². The molecule has 0 aromatic heterocycles. The molecule has 184 valence electrons.